The number of hydrogen-bond acceptors (Lipinski definition) is 4. The minimum Gasteiger partial charge on any atom is -0.467 e. The molecule has 2 rings (SSSR count). The number of ether oxygens (including phenoxy) is 1. The van der Waals surface area contributed by atoms with Gasteiger partial charge in [0.1, 0.15) is 0 Å². The first-order valence-electron chi connectivity index (χ1n) is 6.00. The molecule has 0 radical (unpaired) electrons. The average molecular weight is 312 g/mol. The number of aromatic nitrogens is 2. The highest BCUT2D eigenvalue weighted by Crippen LogP contribution is 2.34. The Morgan fingerprint density at radius 3 is 2.36 bits per heavy atom. The Kier molecular flexibility index (Phi) is 4.44. The summed E-state index contributed by atoms with van der Waals surface area (Å²) in [5, 5.41) is 4.46. The zero-order valence-electron chi connectivity index (χ0n) is 11.3. The van der Waals surface area contributed by atoms with Crippen LogP contribution in [-0.2, 0) is 6.18 Å². The molecule has 0 unspecified atom stereocenters. The Bertz CT molecular complexity index is 659. The molecule has 0 saturated heterocycles. The zero-order valence-corrected chi connectivity index (χ0v) is 11.3. The lowest BCUT2D eigenvalue weighted by atomic mass is 10.1. The third-order valence-electron chi connectivity index (χ3n) is 2.55. The van der Waals surface area contributed by atoms with Gasteiger partial charge >= 0.3 is 18.2 Å². The van der Waals surface area contributed by atoms with Crippen LogP contribution in [0.2, 0.25) is 0 Å². The molecule has 1 heterocycles. The number of para-hydroxylation sites is 1. The molecule has 9 heteroatoms. The molecule has 0 spiro atoms. The number of anilines is 2. The average Bonchev–Trinajstić information content (AvgIpc) is 2.47. The van der Waals surface area contributed by atoms with Gasteiger partial charge in [-0.25, -0.2) is 14.8 Å². The molecule has 0 aliphatic rings. The van der Waals surface area contributed by atoms with Crippen LogP contribution in [0.5, 0.6) is 6.01 Å². The van der Waals surface area contributed by atoms with Gasteiger partial charge in [0.05, 0.1) is 36.4 Å². The second kappa shape index (κ2) is 6.29. The molecule has 0 atom stereocenters. The van der Waals surface area contributed by atoms with E-state index >= 15 is 0 Å². The lowest BCUT2D eigenvalue weighted by Crippen LogP contribution is -2.22. The molecule has 116 valence electrons. The maximum atomic E-state index is 12.8. The number of nitrogens with one attached hydrogen (secondary N) is 2. The summed E-state index contributed by atoms with van der Waals surface area (Å²) in [5.74, 6) is 0. The molecule has 1 aromatic heterocycles. The van der Waals surface area contributed by atoms with Crippen LogP contribution in [0.3, 0.4) is 0 Å². The standard InChI is InChI=1S/C13H11F3N4O2/c1-22-12-17-6-8(7-18-12)19-11(21)20-10-5-3-2-4-9(10)13(14,15)16/h2-7H,1H3,(H2,19,20,21). The third kappa shape index (κ3) is 3.84. The molecule has 0 bridgehead atoms. The van der Waals surface area contributed by atoms with E-state index in [1.807, 2.05) is 0 Å². The molecule has 6 nitrogen and oxygen atoms in total. The van der Waals surface area contributed by atoms with E-state index in [1.54, 1.807) is 0 Å². The summed E-state index contributed by atoms with van der Waals surface area (Å²) in [6, 6.07) is 3.93. The summed E-state index contributed by atoms with van der Waals surface area (Å²) in [4.78, 5) is 19.3. The molecule has 0 saturated carbocycles. The minimum atomic E-state index is -4.56. The van der Waals surface area contributed by atoms with Gasteiger partial charge < -0.3 is 15.4 Å². The Morgan fingerprint density at radius 1 is 1.14 bits per heavy atom. The fourth-order valence-corrected chi connectivity index (χ4v) is 1.61. The SMILES string of the molecule is COc1ncc(NC(=O)Nc2ccccc2C(F)(F)F)cn1. The first kappa shape index (κ1) is 15.5. The van der Waals surface area contributed by atoms with Crippen molar-refractivity contribution >= 4 is 17.4 Å². The largest absolute Gasteiger partial charge is 0.467 e. The van der Waals surface area contributed by atoms with Gasteiger partial charge in [-0.1, -0.05) is 12.1 Å². The molecule has 2 aromatic rings. The van der Waals surface area contributed by atoms with E-state index in [9.17, 15) is 18.0 Å². The molecule has 0 aliphatic heterocycles. The van der Waals surface area contributed by atoms with E-state index in [-0.39, 0.29) is 17.4 Å². The smallest absolute Gasteiger partial charge is 0.418 e. The van der Waals surface area contributed by atoms with Crippen molar-refractivity contribution in [3.63, 3.8) is 0 Å². The number of hydrogen-bond donors (Lipinski definition) is 2. The van der Waals surface area contributed by atoms with E-state index in [2.05, 4.69) is 20.6 Å². The van der Waals surface area contributed by atoms with E-state index < -0.39 is 17.8 Å². The number of urea groups is 1. The monoisotopic (exact) mass is 312 g/mol. The molecular formula is C13H11F3N4O2. The Balaban J connectivity index is 2.09. The van der Waals surface area contributed by atoms with Crippen LogP contribution in [-0.4, -0.2) is 23.1 Å². The summed E-state index contributed by atoms with van der Waals surface area (Å²) >= 11 is 0. The molecule has 1 aromatic carbocycles. The fraction of sp³-hybridized carbons (Fsp3) is 0.154. The fourth-order valence-electron chi connectivity index (χ4n) is 1.61. The predicted molar refractivity (Wildman–Crippen MR) is 72.7 cm³/mol. The minimum absolute atomic E-state index is 0.105. The van der Waals surface area contributed by atoms with Crippen LogP contribution < -0.4 is 15.4 Å². The third-order valence-corrected chi connectivity index (χ3v) is 2.55. The molecule has 0 fully saturated rings. The van der Waals surface area contributed by atoms with Crippen molar-refractivity contribution in [2.24, 2.45) is 0 Å². The maximum absolute atomic E-state index is 12.8. The van der Waals surface area contributed by atoms with Crippen molar-refractivity contribution in [2.45, 2.75) is 6.18 Å². The van der Waals surface area contributed by atoms with Crippen LogP contribution in [0.1, 0.15) is 5.56 Å². The van der Waals surface area contributed by atoms with Gasteiger partial charge in [-0.05, 0) is 12.1 Å². The van der Waals surface area contributed by atoms with Crippen molar-refractivity contribution < 1.29 is 22.7 Å². The zero-order chi connectivity index (χ0) is 16.2. The second-order valence-corrected chi connectivity index (χ2v) is 4.08. The van der Waals surface area contributed by atoms with Crippen LogP contribution in [0.15, 0.2) is 36.7 Å². The Labute approximate surface area is 123 Å². The molecule has 0 aliphatic carbocycles. The highest BCUT2D eigenvalue weighted by Gasteiger charge is 2.33. The number of methoxy groups -OCH3 is 1. The number of rotatable bonds is 3. The highest BCUT2D eigenvalue weighted by atomic mass is 19.4. The molecule has 22 heavy (non-hydrogen) atoms. The maximum Gasteiger partial charge on any atom is 0.418 e. The van der Waals surface area contributed by atoms with Gasteiger partial charge in [-0.3, -0.25) is 0 Å². The lowest BCUT2D eigenvalue weighted by molar-refractivity contribution is -0.136. The summed E-state index contributed by atoms with van der Waals surface area (Å²) in [6.45, 7) is 0. The topological polar surface area (TPSA) is 76.1 Å². The number of nitrogens with zero attached hydrogens (tertiary/aromatic N) is 2. The number of alkyl halides is 3. The van der Waals surface area contributed by atoms with Crippen molar-refractivity contribution in [1.29, 1.82) is 0 Å². The predicted octanol–water partition coefficient (Wildman–Crippen LogP) is 3.15. The van der Waals surface area contributed by atoms with Crippen molar-refractivity contribution in [1.82, 2.24) is 9.97 Å². The van der Waals surface area contributed by atoms with Gasteiger partial charge in [0.25, 0.3) is 0 Å². The van der Waals surface area contributed by atoms with Gasteiger partial charge in [0, 0.05) is 0 Å². The van der Waals surface area contributed by atoms with Gasteiger partial charge in [0.2, 0.25) is 0 Å². The quantitative estimate of drug-likeness (QED) is 0.913. The second-order valence-electron chi connectivity index (χ2n) is 4.08. The summed E-state index contributed by atoms with van der Waals surface area (Å²) in [7, 11) is 1.38. The number of benzene rings is 1. The first-order valence-corrected chi connectivity index (χ1v) is 6.00. The lowest BCUT2D eigenvalue weighted by Gasteiger charge is -2.13. The molecular weight excluding hydrogens is 301 g/mol. The molecule has 2 amide bonds. The Hall–Kier alpha value is -2.84. The van der Waals surface area contributed by atoms with Gasteiger partial charge in [-0.15, -0.1) is 0 Å². The van der Waals surface area contributed by atoms with E-state index in [4.69, 9.17) is 4.74 Å². The van der Waals surface area contributed by atoms with Crippen LogP contribution in [0.25, 0.3) is 0 Å². The Morgan fingerprint density at radius 2 is 1.77 bits per heavy atom. The van der Waals surface area contributed by atoms with Crippen LogP contribution in [0, 0.1) is 0 Å². The summed E-state index contributed by atoms with van der Waals surface area (Å²) < 4.78 is 43.2. The van der Waals surface area contributed by atoms with Crippen molar-refractivity contribution in [2.75, 3.05) is 17.7 Å². The van der Waals surface area contributed by atoms with Gasteiger partial charge in [0.15, 0.2) is 0 Å². The van der Waals surface area contributed by atoms with Crippen LogP contribution >= 0.6 is 0 Å². The molecule has 2 N–H and O–H groups in total. The van der Waals surface area contributed by atoms with Crippen molar-refractivity contribution in [3.8, 4) is 6.01 Å². The number of amides is 2. The normalized spacial score (nSPS) is 10.9. The van der Waals surface area contributed by atoms with Crippen molar-refractivity contribution in [3.05, 3.63) is 42.2 Å². The first-order chi connectivity index (χ1) is 10.4. The van der Waals surface area contributed by atoms with E-state index in [1.165, 1.54) is 31.6 Å². The number of carbonyl (C=O) groups is 1. The number of carbonyl (C=O) groups excluding carboxylic acids is 1. The summed E-state index contributed by atoms with van der Waals surface area (Å²) in [6.07, 6.45) is -2.03. The van der Waals surface area contributed by atoms with E-state index in [0.29, 0.717) is 0 Å². The van der Waals surface area contributed by atoms with Gasteiger partial charge in [-0.2, -0.15) is 13.2 Å². The number of halogens is 3. The highest BCUT2D eigenvalue weighted by molar-refractivity contribution is 6.00. The summed E-state index contributed by atoms with van der Waals surface area (Å²) in [5.41, 5.74) is -1.07. The van der Waals surface area contributed by atoms with E-state index in [0.717, 1.165) is 12.1 Å². The van der Waals surface area contributed by atoms with Crippen LogP contribution in [0.4, 0.5) is 29.3 Å².